The summed E-state index contributed by atoms with van der Waals surface area (Å²) in [5.74, 6) is -0.262. The van der Waals surface area contributed by atoms with Gasteiger partial charge < -0.3 is 15.4 Å². The lowest BCUT2D eigenvalue weighted by Crippen LogP contribution is -2.38. The van der Waals surface area contributed by atoms with Gasteiger partial charge in [-0.3, -0.25) is 19.2 Å². The minimum Gasteiger partial charge on any atom is -0.495 e. The summed E-state index contributed by atoms with van der Waals surface area (Å²) >= 11 is 4.32. The third-order valence-electron chi connectivity index (χ3n) is 5.23. The molecule has 0 aliphatic carbocycles. The molecule has 0 bridgehead atoms. The van der Waals surface area contributed by atoms with E-state index in [2.05, 4.69) is 23.4 Å². The number of thiol groups is 1. The van der Waals surface area contributed by atoms with Gasteiger partial charge in [0.05, 0.1) is 17.7 Å². The Labute approximate surface area is 202 Å². The number of nitrogens with zero attached hydrogens (tertiary/aromatic N) is 2. The molecule has 0 unspecified atom stereocenters. The third kappa shape index (κ3) is 5.65. The molecule has 0 fully saturated rings. The standard InChI is InChI=1S/C24H24N4O5S/c1-15-9-10-18(13-16(15)2)25-23(29)22(17-7-5-4-6-8-17)27(34)24(30)26-20-14-19(28(31)32)11-12-21(20)33-3/h4-14,22,34H,1-3H3,(H,25,29)(H,26,30)/t22-/m1/s1. The van der Waals surface area contributed by atoms with E-state index in [0.29, 0.717) is 11.3 Å². The highest BCUT2D eigenvalue weighted by atomic mass is 32.1. The van der Waals surface area contributed by atoms with Gasteiger partial charge in [0.15, 0.2) is 0 Å². The molecule has 9 nitrogen and oxygen atoms in total. The van der Waals surface area contributed by atoms with Gasteiger partial charge in [0, 0.05) is 17.8 Å². The number of hydrogen-bond acceptors (Lipinski definition) is 6. The number of anilines is 2. The first-order valence-electron chi connectivity index (χ1n) is 10.3. The number of urea groups is 1. The highest BCUT2D eigenvalue weighted by Gasteiger charge is 2.30. The zero-order valence-electron chi connectivity index (χ0n) is 18.8. The Hall–Kier alpha value is -4.05. The quantitative estimate of drug-likeness (QED) is 0.242. The number of carbonyl (C=O) groups excluding carboxylic acids is 2. The number of ether oxygens (including phenoxy) is 1. The first kappa shape index (κ1) is 24.6. The number of carbonyl (C=O) groups is 2. The smallest absolute Gasteiger partial charge is 0.332 e. The molecule has 3 aromatic carbocycles. The number of nitrogens with one attached hydrogen (secondary N) is 2. The summed E-state index contributed by atoms with van der Waals surface area (Å²) in [5, 5.41) is 16.5. The number of benzene rings is 3. The Bertz CT molecular complexity index is 1220. The van der Waals surface area contributed by atoms with E-state index in [4.69, 9.17) is 4.74 Å². The van der Waals surface area contributed by atoms with Crippen molar-refractivity contribution in [1.82, 2.24) is 4.31 Å². The molecular weight excluding hydrogens is 456 g/mol. The summed E-state index contributed by atoms with van der Waals surface area (Å²) in [4.78, 5) is 36.9. The van der Waals surface area contributed by atoms with E-state index in [1.165, 1.54) is 25.3 Å². The third-order valence-corrected chi connectivity index (χ3v) is 5.64. The maximum absolute atomic E-state index is 13.3. The predicted octanol–water partition coefficient (Wildman–Crippen LogP) is 5.28. The van der Waals surface area contributed by atoms with Crippen LogP contribution < -0.4 is 15.4 Å². The van der Waals surface area contributed by atoms with Crippen LogP contribution >= 0.6 is 12.8 Å². The first-order chi connectivity index (χ1) is 16.2. The number of hydrogen-bond donors (Lipinski definition) is 3. The van der Waals surface area contributed by atoms with Gasteiger partial charge in [0.2, 0.25) is 0 Å². The van der Waals surface area contributed by atoms with E-state index >= 15 is 0 Å². The van der Waals surface area contributed by atoms with Crippen LogP contribution in [0, 0.1) is 24.0 Å². The summed E-state index contributed by atoms with van der Waals surface area (Å²) in [6.45, 7) is 3.90. The van der Waals surface area contributed by atoms with E-state index in [-0.39, 0.29) is 17.1 Å². The lowest BCUT2D eigenvalue weighted by molar-refractivity contribution is -0.384. The Balaban J connectivity index is 1.90. The largest absolute Gasteiger partial charge is 0.495 e. The van der Waals surface area contributed by atoms with Crippen LogP contribution in [-0.4, -0.2) is 28.3 Å². The van der Waals surface area contributed by atoms with Gasteiger partial charge in [-0.2, -0.15) is 0 Å². The number of aryl methyl sites for hydroxylation is 2. The number of rotatable bonds is 7. The Morgan fingerprint density at radius 3 is 2.32 bits per heavy atom. The molecule has 0 radical (unpaired) electrons. The van der Waals surface area contributed by atoms with Crippen molar-refractivity contribution in [3.8, 4) is 5.75 Å². The highest BCUT2D eigenvalue weighted by molar-refractivity contribution is 7.78. The van der Waals surface area contributed by atoms with Crippen molar-refractivity contribution >= 4 is 41.8 Å². The Morgan fingerprint density at radius 2 is 1.71 bits per heavy atom. The molecule has 10 heteroatoms. The fourth-order valence-electron chi connectivity index (χ4n) is 3.27. The van der Waals surface area contributed by atoms with Crippen molar-refractivity contribution in [2.45, 2.75) is 19.9 Å². The summed E-state index contributed by atoms with van der Waals surface area (Å²) in [5.41, 5.74) is 3.04. The number of methoxy groups -OCH3 is 1. The van der Waals surface area contributed by atoms with Crippen molar-refractivity contribution in [1.29, 1.82) is 0 Å². The van der Waals surface area contributed by atoms with Crippen LogP contribution in [0.3, 0.4) is 0 Å². The van der Waals surface area contributed by atoms with Gasteiger partial charge in [0.25, 0.3) is 11.6 Å². The van der Waals surface area contributed by atoms with Crippen LogP contribution in [0.25, 0.3) is 0 Å². The number of nitro benzene ring substituents is 1. The summed E-state index contributed by atoms with van der Waals surface area (Å²) in [6, 6.07) is 16.1. The molecule has 1 atom stereocenters. The molecule has 34 heavy (non-hydrogen) atoms. The maximum Gasteiger partial charge on any atom is 0.332 e. The SMILES string of the molecule is COc1ccc([N+](=O)[O-])cc1NC(=O)N(S)[C@@H](C(=O)Nc1ccc(C)c(C)c1)c1ccccc1. The van der Waals surface area contributed by atoms with Crippen LogP contribution in [-0.2, 0) is 4.79 Å². The van der Waals surface area contributed by atoms with Crippen molar-refractivity contribution in [3.05, 3.63) is 93.5 Å². The van der Waals surface area contributed by atoms with Crippen molar-refractivity contribution in [2.24, 2.45) is 0 Å². The zero-order chi connectivity index (χ0) is 24.8. The number of nitro groups is 1. The van der Waals surface area contributed by atoms with Gasteiger partial charge in [0.1, 0.15) is 11.8 Å². The minimum atomic E-state index is -1.10. The molecule has 0 saturated heterocycles. The summed E-state index contributed by atoms with van der Waals surface area (Å²) in [6.07, 6.45) is 0. The highest BCUT2D eigenvalue weighted by Crippen LogP contribution is 2.31. The molecule has 0 saturated carbocycles. The van der Waals surface area contributed by atoms with E-state index < -0.39 is 22.9 Å². The lowest BCUT2D eigenvalue weighted by Gasteiger charge is -2.27. The molecule has 0 spiro atoms. The second-order valence-electron chi connectivity index (χ2n) is 7.52. The molecule has 176 valence electrons. The van der Waals surface area contributed by atoms with Crippen molar-refractivity contribution in [2.75, 3.05) is 17.7 Å². The van der Waals surface area contributed by atoms with Gasteiger partial charge in [-0.1, -0.05) is 49.2 Å². The second-order valence-corrected chi connectivity index (χ2v) is 7.95. The van der Waals surface area contributed by atoms with Crippen molar-refractivity contribution in [3.63, 3.8) is 0 Å². The lowest BCUT2D eigenvalue weighted by atomic mass is 10.1. The van der Waals surface area contributed by atoms with E-state index in [1.807, 2.05) is 26.0 Å². The van der Waals surface area contributed by atoms with Gasteiger partial charge in [-0.05, 0) is 48.7 Å². The van der Waals surface area contributed by atoms with Crippen LogP contribution in [0.5, 0.6) is 5.75 Å². The number of amides is 3. The fraction of sp³-hybridized carbons (Fsp3) is 0.167. The average Bonchev–Trinajstić information content (AvgIpc) is 2.82. The van der Waals surface area contributed by atoms with Crippen LogP contribution in [0.1, 0.15) is 22.7 Å². The van der Waals surface area contributed by atoms with E-state index in [9.17, 15) is 19.7 Å². The molecule has 3 amide bonds. The fourth-order valence-corrected chi connectivity index (χ4v) is 3.55. The number of non-ortho nitro benzene ring substituents is 1. The summed E-state index contributed by atoms with van der Waals surface area (Å²) in [7, 11) is 1.37. The molecule has 3 aromatic rings. The van der Waals surface area contributed by atoms with E-state index in [0.717, 1.165) is 15.4 Å². The van der Waals surface area contributed by atoms with Crippen molar-refractivity contribution < 1.29 is 19.2 Å². The first-order valence-corrected chi connectivity index (χ1v) is 10.7. The van der Waals surface area contributed by atoms with Crippen LogP contribution in [0.15, 0.2) is 66.7 Å². The van der Waals surface area contributed by atoms with Gasteiger partial charge in [-0.25, -0.2) is 4.79 Å². The maximum atomic E-state index is 13.3. The normalized spacial score (nSPS) is 11.3. The summed E-state index contributed by atoms with van der Waals surface area (Å²) < 4.78 is 6.13. The van der Waals surface area contributed by atoms with Crippen LogP contribution in [0.4, 0.5) is 21.9 Å². The Morgan fingerprint density at radius 1 is 1.00 bits per heavy atom. The van der Waals surface area contributed by atoms with Gasteiger partial charge in [-0.15, -0.1) is 0 Å². The van der Waals surface area contributed by atoms with Crippen LogP contribution in [0.2, 0.25) is 0 Å². The molecule has 2 N–H and O–H groups in total. The second kappa shape index (κ2) is 10.7. The molecular formula is C24H24N4O5S. The molecule has 0 aliphatic heterocycles. The monoisotopic (exact) mass is 480 g/mol. The molecule has 3 rings (SSSR count). The zero-order valence-corrected chi connectivity index (χ0v) is 19.7. The average molecular weight is 481 g/mol. The molecule has 0 aromatic heterocycles. The van der Waals surface area contributed by atoms with E-state index in [1.54, 1.807) is 36.4 Å². The minimum absolute atomic E-state index is 0.0714. The molecule has 0 aliphatic rings. The molecule has 0 heterocycles. The Kier molecular flexibility index (Phi) is 7.75. The predicted molar refractivity (Wildman–Crippen MR) is 133 cm³/mol. The van der Waals surface area contributed by atoms with Gasteiger partial charge >= 0.3 is 6.03 Å². The topological polar surface area (TPSA) is 114 Å².